The molecule has 32 heavy (non-hydrogen) atoms. The molecule has 4 aromatic rings. The first-order valence-corrected chi connectivity index (χ1v) is 11.0. The highest BCUT2D eigenvalue weighted by atomic mass is 32.1. The van der Waals surface area contributed by atoms with E-state index in [1.165, 1.54) is 24.3 Å². The van der Waals surface area contributed by atoms with E-state index in [4.69, 9.17) is 4.98 Å². The van der Waals surface area contributed by atoms with Crippen molar-refractivity contribution in [3.05, 3.63) is 95.1 Å². The zero-order chi connectivity index (χ0) is 22.5. The third kappa shape index (κ3) is 5.15. The van der Waals surface area contributed by atoms with Crippen LogP contribution in [0.4, 0.5) is 10.1 Å². The summed E-state index contributed by atoms with van der Waals surface area (Å²) in [6, 6.07) is 22.9. The maximum Gasteiger partial charge on any atom is 0.224 e. The van der Waals surface area contributed by atoms with Gasteiger partial charge < -0.3 is 5.32 Å². The van der Waals surface area contributed by atoms with Gasteiger partial charge in [-0.2, -0.15) is 0 Å². The maximum atomic E-state index is 13.0. The van der Waals surface area contributed by atoms with Crippen LogP contribution in [-0.2, 0) is 4.79 Å². The number of carbonyl (C=O) groups excluding carboxylic acids is 2. The van der Waals surface area contributed by atoms with Gasteiger partial charge in [-0.25, -0.2) is 9.37 Å². The number of aryl methyl sites for hydroxylation is 1. The highest BCUT2D eigenvalue weighted by Gasteiger charge is 2.13. The fraction of sp³-hybridized carbons (Fsp3) is 0.115. The normalized spacial score (nSPS) is 10.7. The summed E-state index contributed by atoms with van der Waals surface area (Å²) in [6.45, 7) is 2.05. The molecule has 0 radical (unpaired) electrons. The summed E-state index contributed by atoms with van der Waals surface area (Å²) in [5, 5.41) is 3.79. The summed E-state index contributed by atoms with van der Waals surface area (Å²) in [6.07, 6.45) is 0.124. The van der Waals surface area contributed by atoms with Gasteiger partial charge in [0, 0.05) is 40.1 Å². The number of anilines is 1. The molecule has 4 nitrogen and oxygen atoms in total. The minimum Gasteiger partial charge on any atom is -0.326 e. The Morgan fingerprint density at radius 2 is 1.56 bits per heavy atom. The SMILES string of the molecule is Cc1sc(-c2ccccc2)nc1-c1ccc(NC(=O)CCC(=O)c2ccc(F)cc2)cc1. The number of aromatic nitrogens is 1. The molecule has 1 heterocycles. The predicted octanol–water partition coefficient (Wildman–Crippen LogP) is 6.53. The van der Waals surface area contributed by atoms with Crippen LogP contribution in [-0.4, -0.2) is 16.7 Å². The van der Waals surface area contributed by atoms with Gasteiger partial charge in [-0.1, -0.05) is 42.5 Å². The third-order valence-corrected chi connectivity index (χ3v) is 6.02. The number of hydrogen-bond acceptors (Lipinski definition) is 4. The number of thiazole rings is 1. The van der Waals surface area contributed by atoms with Gasteiger partial charge >= 0.3 is 0 Å². The molecule has 0 saturated heterocycles. The molecule has 4 rings (SSSR count). The number of ketones is 1. The van der Waals surface area contributed by atoms with E-state index in [0.717, 1.165) is 26.7 Å². The van der Waals surface area contributed by atoms with Crippen molar-refractivity contribution < 1.29 is 14.0 Å². The fourth-order valence-corrected chi connectivity index (χ4v) is 4.25. The first-order valence-electron chi connectivity index (χ1n) is 10.2. The second-order valence-corrected chi connectivity index (χ2v) is 8.55. The zero-order valence-corrected chi connectivity index (χ0v) is 18.3. The van der Waals surface area contributed by atoms with Gasteiger partial charge in [0.05, 0.1) is 5.69 Å². The fourth-order valence-electron chi connectivity index (χ4n) is 3.31. The predicted molar refractivity (Wildman–Crippen MR) is 126 cm³/mol. The smallest absolute Gasteiger partial charge is 0.224 e. The van der Waals surface area contributed by atoms with Crippen LogP contribution in [0.1, 0.15) is 28.1 Å². The Labute approximate surface area is 189 Å². The number of halogens is 1. The quantitative estimate of drug-likeness (QED) is 0.330. The summed E-state index contributed by atoms with van der Waals surface area (Å²) in [5.41, 5.74) is 4.05. The van der Waals surface area contributed by atoms with E-state index in [2.05, 4.69) is 5.32 Å². The van der Waals surface area contributed by atoms with E-state index in [9.17, 15) is 14.0 Å². The number of Topliss-reactive ketones (excluding diaryl/α,β-unsaturated/α-hetero) is 1. The van der Waals surface area contributed by atoms with Crippen molar-refractivity contribution in [2.45, 2.75) is 19.8 Å². The number of carbonyl (C=O) groups is 2. The van der Waals surface area contributed by atoms with Crippen molar-refractivity contribution in [2.75, 3.05) is 5.32 Å². The first kappa shape index (κ1) is 21.6. The number of nitrogens with zero attached hydrogens (tertiary/aromatic N) is 1. The van der Waals surface area contributed by atoms with Gasteiger partial charge in [-0.05, 0) is 43.3 Å². The number of benzene rings is 3. The number of hydrogen-bond donors (Lipinski definition) is 1. The van der Waals surface area contributed by atoms with Gasteiger partial charge in [0.2, 0.25) is 5.91 Å². The van der Waals surface area contributed by atoms with Crippen LogP contribution in [0.25, 0.3) is 21.8 Å². The Morgan fingerprint density at radius 3 is 2.25 bits per heavy atom. The first-order chi connectivity index (χ1) is 15.5. The lowest BCUT2D eigenvalue weighted by Crippen LogP contribution is -2.13. The average Bonchev–Trinajstić information content (AvgIpc) is 3.20. The Kier molecular flexibility index (Phi) is 6.52. The summed E-state index contributed by atoms with van der Waals surface area (Å²) in [7, 11) is 0. The Balaban J connectivity index is 1.37. The Hall–Kier alpha value is -3.64. The van der Waals surface area contributed by atoms with E-state index in [1.807, 2.05) is 61.5 Å². The molecule has 0 aliphatic heterocycles. The van der Waals surface area contributed by atoms with Crippen LogP contribution in [0.2, 0.25) is 0 Å². The molecule has 1 aromatic heterocycles. The zero-order valence-electron chi connectivity index (χ0n) is 17.5. The van der Waals surface area contributed by atoms with Gasteiger partial charge in [-0.3, -0.25) is 9.59 Å². The van der Waals surface area contributed by atoms with Crippen LogP contribution < -0.4 is 5.32 Å². The standard InChI is InChI=1S/C26H21FN2O2S/c1-17-25(29-26(32-17)20-5-3-2-4-6-20)19-9-13-22(14-10-19)28-24(31)16-15-23(30)18-7-11-21(27)12-8-18/h2-14H,15-16H2,1H3,(H,28,31). The van der Waals surface area contributed by atoms with Crippen molar-refractivity contribution in [2.24, 2.45) is 0 Å². The topological polar surface area (TPSA) is 59.1 Å². The highest BCUT2D eigenvalue weighted by molar-refractivity contribution is 7.15. The van der Waals surface area contributed by atoms with Gasteiger partial charge in [-0.15, -0.1) is 11.3 Å². The molecular weight excluding hydrogens is 423 g/mol. The molecule has 0 aliphatic rings. The maximum absolute atomic E-state index is 13.0. The highest BCUT2D eigenvalue weighted by Crippen LogP contribution is 2.33. The van der Waals surface area contributed by atoms with E-state index < -0.39 is 5.82 Å². The molecule has 6 heteroatoms. The van der Waals surface area contributed by atoms with Crippen LogP contribution in [0.5, 0.6) is 0 Å². The van der Waals surface area contributed by atoms with E-state index in [-0.39, 0.29) is 24.5 Å². The second-order valence-electron chi connectivity index (χ2n) is 7.35. The van der Waals surface area contributed by atoms with Crippen molar-refractivity contribution in [1.29, 1.82) is 0 Å². The van der Waals surface area contributed by atoms with Crippen LogP contribution in [0, 0.1) is 12.7 Å². The van der Waals surface area contributed by atoms with E-state index in [0.29, 0.717) is 11.3 Å². The molecule has 0 fully saturated rings. The third-order valence-electron chi connectivity index (χ3n) is 5.00. The lowest BCUT2D eigenvalue weighted by molar-refractivity contribution is -0.116. The second kappa shape index (κ2) is 9.66. The van der Waals surface area contributed by atoms with E-state index >= 15 is 0 Å². The van der Waals surface area contributed by atoms with Gasteiger partial charge in [0.15, 0.2) is 5.78 Å². The number of nitrogens with one attached hydrogen (secondary N) is 1. The molecular formula is C26H21FN2O2S. The number of rotatable bonds is 7. The summed E-state index contributed by atoms with van der Waals surface area (Å²) in [4.78, 5) is 30.3. The molecule has 0 bridgehead atoms. The summed E-state index contributed by atoms with van der Waals surface area (Å²) in [5.74, 6) is -0.833. The minimum atomic E-state index is -0.396. The number of amides is 1. The molecule has 0 unspecified atom stereocenters. The molecule has 3 aromatic carbocycles. The van der Waals surface area contributed by atoms with Crippen molar-refractivity contribution >= 4 is 28.7 Å². The van der Waals surface area contributed by atoms with Gasteiger partial charge in [0.1, 0.15) is 10.8 Å². The molecule has 1 N–H and O–H groups in total. The van der Waals surface area contributed by atoms with Crippen LogP contribution in [0.15, 0.2) is 78.9 Å². The molecule has 0 saturated carbocycles. The molecule has 160 valence electrons. The largest absolute Gasteiger partial charge is 0.326 e. The van der Waals surface area contributed by atoms with Crippen molar-refractivity contribution in [3.63, 3.8) is 0 Å². The van der Waals surface area contributed by atoms with Crippen molar-refractivity contribution in [3.8, 4) is 21.8 Å². The molecule has 0 aliphatic carbocycles. The monoisotopic (exact) mass is 444 g/mol. The van der Waals surface area contributed by atoms with Gasteiger partial charge in [0.25, 0.3) is 0 Å². The molecule has 0 atom stereocenters. The van der Waals surface area contributed by atoms with Crippen molar-refractivity contribution in [1.82, 2.24) is 4.98 Å². The minimum absolute atomic E-state index is 0.0591. The molecule has 1 amide bonds. The lowest BCUT2D eigenvalue weighted by atomic mass is 10.1. The summed E-state index contributed by atoms with van der Waals surface area (Å²) < 4.78 is 13.0. The van der Waals surface area contributed by atoms with Crippen LogP contribution in [0.3, 0.4) is 0 Å². The Morgan fingerprint density at radius 1 is 0.875 bits per heavy atom. The Bertz CT molecular complexity index is 1230. The average molecular weight is 445 g/mol. The van der Waals surface area contributed by atoms with Crippen LogP contribution >= 0.6 is 11.3 Å². The summed E-state index contributed by atoms with van der Waals surface area (Å²) >= 11 is 1.65. The molecule has 0 spiro atoms. The lowest BCUT2D eigenvalue weighted by Gasteiger charge is -2.06. The van der Waals surface area contributed by atoms with E-state index in [1.54, 1.807) is 11.3 Å².